The van der Waals surface area contributed by atoms with Crippen molar-refractivity contribution in [2.24, 2.45) is 5.92 Å². The number of hydrogen-bond donors (Lipinski definition) is 0. The SMILES string of the molecule is CC(CC1CCC2OCOC2C1)[N+](=O)[O-]. The van der Waals surface area contributed by atoms with E-state index in [1.807, 2.05) is 0 Å². The molecular formula is C10H17NO4. The fraction of sp³-hybridized carbons (Fsp3) is 1.00. The number of nitrogens with zero attached hydrogens (tertiary/aromatic N) is 1. The van der Waals surface area contributed by atoms with Gasteiger partial charge in [-0.05, 0) is 25.2 Å². The van der Waals surface area contributed by atoms with E-state index in [0.717, 1.165) is 19.3 Å². The average molecular weight is 215 g/mol. The zero-order valence-electron chi connectivity index (χ0n) is 8.93. The minimum absolute atomic E-state index is 0.183. The summed E-state index contributed by atoms with van der Waals surface area (Å²) in [6.45, 7) is 2.07. The van der Waals surface area contributed by atoms with Gasteiger partial charge < -0.3 is 9.47 Å². The van der Waals surface area contributed by atoms with Crippen LogP contribution in [0.1, 0.15) is 32.6 Å². The van der Waals surface area contributed by atoms with Crippen molar-refractivity contribution >= 4 is 0 Å². The van der Waals surface area contributed by atoms with Crippen molar-refractivity contribution in [3.05, 3.63) is 10.1 Å². The Bertz CT molecular complexity index is 246. The zero-order valence-corrected chi connectivity index (χ0v) is 8.93. The summed E-state index contributed by atoms with van der Waals surface area (Å²) in [5.74, 6) is 0.424. The monoisotopic (exact) mass is 215 g/mol. The first-order valence-electron chi connectivity index (χ1n) is 5.53. The standard InChI is InChI=1S/C10H17NO4/c1-7(11(12)13)4-8-2-3-9-10(5-8)15-6-14-9/h7-10H,2-6H2,1H3. The molecule has 1 saturated heterocycles. The van der Waals surface area contributed by atoms with E-state index < -0.39 is 6.04 Å². The van der Waals surface area contributed by atoms with E-state index in [1.165, 1.54) is 0 Å². The molecule has 0 aromatic heterocycles. The van der Waals surface area contributed by atoms with E-state index in [2.05, 4.69) is 0 Å². The van der Waals surface area contributed by atoms with E-state index in [1.54, 1.807) is 6.92 Å². The summed E-state index contributed by atoms with van der Waals surface area (Å²) in [5.41, 5.74) is 0. The number of ether oxygens (including phenoxy) is 2. The highest BCUT2D eigenvalue weighted by Gasteiger charge is 2.37. The van der Waals surface area contributed by atoms with Crippen LogP contribution in [-0.2, 0) is 9.47 Å². The molecule has 1 aliphatic heterocycles. The molecule has 15 heavy (non-hydrogen) atoms. The van der Waals surface area contributed by atoms with Crippen LogP contribution in [0.5, 0.6) is 0 Å². The number of rotatable bonds is 3. The molecule has 0 N–H and O–H groups in total. The maximum absolute atomic E-state index is 10.6. The maximum atomic E-state index is 10.6. The van der Waals surface area contributed by atoms with Gasteiger partial charge in [0, 0.05) is 18.3 Å². The molecule has 0 radical (unpaired) electrons. The van der Waals surface area contributed by atoms with Crippen LogP contribution < -0.4 is 0 Å². The summed E-state index contributed by atoms with van der Waals surface area (Å²) in [6.07, 6.45) is 4.03. The highest BCUT2D eigenvalue weighted by molar-refractivity contribution is 4.84. The van der Waals surface area contributed by atoms with Gasteiger partial charge in [0.2, 0.25) is 6.04 Å². The molecule has 2 aliphatic rings. The van der Waals surface area contributed by atoms with Gasteiger partial charge in [-0.2, -0.15) is 0 Å². The van der Waals surface area contributed by atoms with E-state index >= 15 is 0 Å². The van der Waals surface area contributed by atoms with Crippen molar-refractivity contribution in [1.82, 2.24) is 0 Å². The molecule has 1 aliphatic carbocycles. The maximum Gasteiger partial charge on any atom is 0.210 e. The predicted molar refractivity (Wildman–Crippen MR) is 53.0 cm³/mol. The number of fused-ring (bicyclic) bond motifs is 1. The Morgan fingerprint density at radius 2 is 2.13 bits per heavy atom. The summed E-state index contributed by atoms with van der Waals surface area (Å²) < 4.78 is 10.8. The topological polar surface area (TPSA) is 61.6 Å². The van der Waals surface area contributed by atoms with Crippen LogP contribution in [-0.4, -0.2) is 30.0 Å². The molecule has 1 saturated carbocycles. The highest BCUT2D eigenvalue weighted by atomic mass is 16.7. The first-order chi connectivity index (χ1) is 7.16. The van der Waals surface area contributed by atoms with Crippen molar-refractivity contribution in [1.29, 1.82) is 0 Å². The quantitative estimate of drug-likeness (QED) is 0.529. The van der Waals surface area contributed by atoms with Crippen molar-refractivity contribution in [3.63, 3.8) is 0 Å². The van der Waals surface area contributed by atoms with Crippen LogP contribution >= 0.6 is 0 Å². The van der Waals surface area contributed by atoms with Gasteiger partial charge in [0.1, 0.15) is 6.79 Å². The second kappa shape index (κ2) is 4.45. The van der Waals surface area contributed by atoms with Crippen LogP contribution in [0.3, 0.4) is 0 Å². The first-order valence-corrected chi connectivity index (χ1v) is 5.53. The summed E-state index contributed by atoms with van der Waals surface area (Å²) in [4.78, 5) is 10.4. The lowest BCUT2D eigenvalue weighted by Gasteiger charge is -2.29. The Morgan fingerprint density at radius 1 is 1.40 bits per heavy atom. The van der Waals surface area contributed by atoms with Crippen LogP contribution in [0, 0.1) is 16.0 Å². The summed E-state index contributed by atoms with van der Waals surface area (Å²) in [5, 5.41) is 10.6. The third-order valence-electron chi connectivity index (χ3n) is 3.44. The smallest absolute Gasteiger partial charge is 0.210 e. The Kier molecular flexibility index (Phi) is 3.21. The van der Waals surface area contributed by atoms with E-state index in [4.69, 9.17) is 9.47 Å². The van der Waals surface area contributed by atoms with E-state index in [9.17, 15) is 10.1 Å². The van der Waals surface area contributed by atoms with Crippen molar-refractivity contribution in [2.45, 2.75) is 50.9 Å². The molecule has 1 heterocycles. The highest BCUT2D eigenvalue weighted by Crippen LogP contribution is 2.34. The van der Waals surface area contributed by atoms with Gasteiger partial charge in [-0.1, -0.05) is 0 Å². The summed E-state index contributed by atoms with van der Waals surface area (Å²) in [7, 11) is 0. The fourth-order valence-corrected chi connectivity index (χ4v) is 2.55. The van der Waals surface area contributed by atoms with Crippen LogP contribution in [0.2, 0.25) is 0 Å². The lowest BCUT2D eigenvalue weighted by Crippen LogP contribution is -2.33. The van der Waals surface area contributed by atoms with Gasteiger partial charge in [-0.25, -0.2) is 0 Å². The van der Waals surface area contributed by atoms with Gasteiger partial charge in [-0.15, -0.1) is 0 Å². The van der Waals surface area contributed by atoms with Crippen molar-refractivity contribution in [2.75, 3.05) is 6.79 Å². The van der Waals surface area contributed by atoms with Crippen LogP contribution in [0.15, 0.2) is 0 Å². The second-order valence-corrected chi connectivity index (χ2v) is 4.58. The van der Waals surface area contributed by atoms with Gasteiger partial charge in [0.25, 0.3) is 0 Å². The van der Waals surface area contributed by atoms with Crippen molar-refractivity contribution in [3.8, 4) is 0 Å². The summed E-state index contributed by atoms with van der Waals surface area (Å²) >= 11 is 0. The molecule has 0 spiro atoms. The van der Waals surface area contributed by atoms with Gasteiger partial charge >= 0.3 is 0 Å². The molecule has 86 valence electrons. The van der Waals surface area contributed by atoms with E-state index in [0.29, 0.717) is 19.1 Å². The predicted octanol–water partition coefficient (Wildman–Crippen LogP) is 1.58. The molecule has 5 heteroatoms. The summed E-state index contributed by atoms with van der Waals surface area (Å²) in [6, 6.07) is -0.436. The average Bonchev–Trinajstić information content (AvgIpc) is 2.64. The first kappa shape index (κ1) is 10.8. The second-order valence-electron chi connectivity index (χ2n) is 4.58. The Morgan fingerprint density at radius 3 is 2.87 bits per heavy atom. The Labute approximate surface area is 88.9 Å². The lowest BCUT2D eigenvalue weighted by molar-refractivity contribution is -0.520. The minimum Gasteiger partial charge on any atom is -0.349 e. The normalized spacial score (nSPS) is 37.3. The van der Waals surface area contributed by atoms with Crippen LogP contribution in [0.25, 0.3) is 0 Å². The molecule has 2 rings (SSSR count). The lowest BCUT2D eigenvalue weighted by atomic mass is 9.82. The molecule has 0 aromatic rings. The molecular weight excluding hydrogens is 198 g/mol. The van der Waals surface area contributed by atoms with Gasteiger partial charge in [0.15, 0.2) is 0 Å². The number of nitro groups is 1. The number of hydrogen-bond acceptors (Lipinski definition) is 4. The molecule has 0 aromatic carbocycles. The molecule has 0 bridgehead atoms. The molecule has 5 nitrogen and oxygen atoms in total. The molecule has 4 atom stereocenters. The molecule has 2 fully saturated rings. The van der Waals surface area contributed by atoms with Gasteiger partial charge in [0.05, 0.1) is 12.2 Å². The van der Waals surface area contributed by atoms with Crippen LogP contribution in [0.4, 0.5) is 0 Å². The van der Waals surface area contributed by atoms with Gasteiger partial charge in [-0.3, -0.25) is 10.1 Å². The Hall–Kier alpha value is -0.680. The largest absolute Gasteiger partial charge is 0.349 e. The Balaban J connectivity index is 1.82. The molecule has 0 amide bonds. The third-order valence-corrected chi connectivity index (χ3v) is 3.44. The van der Waals surface area contributed by atoms with E-state index in [-0.39, 0.29) is 17.1 Å². The molecule has 4 unspecified atom stereocenters. The zero-order chi connectivity index (χ0) is 10.8. The minimum atomic E-state index is -0.436. The van der Waals surface area contributed by atoms with Crippen molar-refractivity contribution < 1.29 is 14.4 Å². The third kappa shape index (κ3) is 2.46. The fourth-order valence-electron chi connectivity index (χ4n) is 2.55.